The monoisotopic (exact) mass is 366 g/mol. The molecule has 0 saturated carbocycles. The number of hydrogen-bond donors (Lipinski definition) is 2. The van der Waals surface area contributed by atoms with Crippen LogP contribution in [-0.4, -0.2) is 18.4 Å². The average Bonchev–Trinajstić information content (AvgIpc) is 3.34. The van der Waals surface area contributed by atoms with Crippen LogP contribution in [0.3, 0.4) is 0 Å². The molecule has 0 radical (unpaired) electrons. The number of anilines is 1. The van der Waals surface area contributed by atoms with E-state index in [0.717, 1.165) is 16.8 Å². The van der Waals surface area contributed by atoms with E-state index in [1.165, 1.54) is 12.3 Å². The fraction of sp³-hybridized carbons (Fsp3) is 0.100. The average molecular weight is 366 g/mol. The van der Waals surface area contributed by atoms with Crippen LogP contribution in [0, 0.1) is 0 Å². The van der Waals surface area contributed by atoms with Crippen molar-refractivity contribution in [1.29, 1.82) is 0 Å². The molecule has 2 amide bonds. The number of hydrogen-bond acceptors (Lipinski definition) is 4. The van der Waals surface area contributed by atoms with Crippen LogP contribution in [0.25, 0.3) is 17.2 Å². The molecular formula is C20H18N2O3S. The lowest BCUT2D eigenvalue weighted by Crippen LogP contribution is -2.26. The van der Waals surface area contributed by atoms with Gasteiger partial charge in [-0.25, -0.2) is 0 Å². The van der Waals surface area contributed by atoms with Gasteiger partial charge in [0.2, 0.25) is 11.8 Å². The Bertz CT molecular complexity index is 884. The molecule has 0 bridgehead atoms. The van der Waals surface area contributed by atoms with Crippen LogP contribution in [0.1, 0.15) is 12.2 Å². The molecule has 0 fully saturated rings. The van der Waals surface area contributed by atoms with Gasteiger partial charge >= 0.3 is 0 Å². The van der Waals surface area contributed by atoms with Gasteiger partial charge in [-0.1, -0.05) is 12.1 Å². The van der Waals surface area contributed by atoms with E-state index in [4.69, 9.17) is 4.42 Å². The van der Waals surface area contributed by atoms with Gasteiger partial charge in [-0.2, -0.15) is 11.3 Å². The summed E-state index contributed by atoms with van der Waals surface area (Å²) in [5.74, 6) is 0.180. The zero-order valence-corrected chi connectivity index (χ0v) is 14.8. The lowest BCUT2D eigenvalue weighted by molar-refractivity contribution is -0.117. The Hall–Kier alpha value is -3.12. The SMILES string of the molecule is O=C(/C=C/c1ccco1)NCCC(=O)Nc1cccc(-c2ccsc2)c1. The minimum absolute atomic E-state index is 0.150. The lowest BCUT2D eigenvalue weighted by atomic mass is 10.1. The van der Waals surface area contributed by atoms with Crippen LogP contribution >= 0.6 is 11.3 Å². The van der Waals surface area contributed by atoms with E-state index in [0.29, 0.717) is 5.76 Å². The van der Waals surface area contributed by atoms with Gasteiger partial charge in [0.25, 0.3) is 0 Å². The first-order valence-corrected chi connectivity index (χ1v) is 9.07. The van der Waals surface area contributed by atoms with E-state index < -0.39 is 0 Å². The summed E-state index contributed by atoms with van der Waals surface area (Å²) >= 11 is 1.63. The number of nitrogens with one attached hydrogen (secondary N) is 2. The number of benzene rings is 1. The molecule has 26 heavy (non-hydrogen) atoms. The van der Waals surface area contributed by atoms with Gasteiger partial charge < -0.3 is 15.1 Å². The maximum atomic E-state index is 12.0. The molecule has 3 rings (SSSR count). The van der Waals surface area contributed by atoms with E-state index in [2.05, 4.69) is 16.0 Å². The molecule has 132 valence electrons. The van der Waals surface area contributed by atoms with E-state index in [1.807, 2.05) is 35.7 Å². The van der Waals surface area contributed by atoms with Gasteiger partial charge in [0.15, 0.2) is 0 Å². The van der Waals surface area contributed by atoms with Crippen LogP contribution in [0.15, 0.2) is 70.0 Å². The summed E-state index contributed by atoms with van der Waals surface area (Å²) in [4.78, 5) is 23.7. The molecule has 2 aromatic heterocycles. The Morgan fingerprint density at radius 1 is 1.12 bits per heavy atom. The van der Waals surface area contributed by atoms with Crippen molar-refractivity contribution < 1.29 is 14.0 Å². The van der Waals surface area contributed by atoms with Gasteiger partial charge in [0.1, 0.15) is 5.76 Å². The molecule has 0 saturated heterocycles. The third-order valence-electron chi connectivity index (χ3n) is 3.59. The van der Waals surface area contributed by atoms with Crippen molar-refractivity contribution in [1.82, 2.24) is 5.32 Å². The lowest BCUT2D eigenvalue weighted by Gasteiger charge is -2.07. The fourth-order valence-corrected chi connectivity index (χ4v) is 3.00. The fourth-order valence-electron chi connectivity index (χ4n) is 2.33. The molecule has 3 aromatic rings. The molecule has 0 aliphatic carbocycles. The Labute approximate surface area is 155 Å². The van der Waals surface area contributed by atoms with Crippen molar-refractivity contribution in [3.05, 3.63) is 71.3 Å². The van der Waals surface area contributed by atoms with E-state index in [9.17, 15) is 9.59 Å². The number of carbonyl (C=O) groups is 2. The second kappa shape index (κ2) is 8.82. The van der Waals surface area contributed by atoms with Crippen molar-refractivity contribution in [3.63, 3.8) is 0 Å². The summed E-state index contributed by atoms with van der Waals surface area (Å²) < 4.78 is 5.10. The van der Waals surface area contributed by atoms with Crippen molar-refractivity contribution in [2.75, 3.05) is 11.9 Å². The van der Waals surface area contributed by atoms with E-state index >= 15 is 0 Å². The van der Waals surface area contributed by atoms with Gasteiger partial charge in [0.05, 0.1) is 6.26 Å². The highest BCUT2D eigenvalue weighted by Gasteiger charge is 2.05. The summed E-state index contributed by atoms with van der Waals surface area (Å²) in [7, 11) is 0. The third-order valence-corrected chi connectivity index (χ3v) is 4.28. The molecule has 2 N–H and O–H groups in total. The predicted octanol–water partition coefficient (Wildman–Crippen LogP) is 4.17. The second-order valence-corrected chi connectivity index (χ2v) is 6.31. The Morgan fingerprint density at radius 3 is 2.81 bits per heavy atom. The molecule has 0 spiro atoms. The van der Waals surface area contributed by atoms with Crippen molar-refractivity contribution in [2.45, 2.75) is 6.42 Å². The minimum Gasteiger partial charge on any atom is -0.465 e. The normalized spacial score (nSPS) is 10.8. The van der Waals surface area contributed by atoms with Crippen molar-refractivity contribution in [2.24, 2.45) is 0 Å². The first-order chi connectivity index (χ1) is 12.7. The van der Waals surface area contributed by atoms with Crippen LogP contribution in [0.2, 0.25) is 0 Å². The summed E-state index contributed by atoms with van der Waals surface area (Å²) in [6.07, 6.45) is 4.69. The summed E-state index contributed by atoms with van der Waals surface area (Å²) in [5, 5.41) is 9.60. The first-order valence-electron chi connectivity index (χ1n) is 8.12. The molecule has 6 heteroatoms. The Morgan fingerprint density at radius 2 is 2.04 bits per heavy atom. The molecule has 0 aliphatic heterocycles. The molecule has 5 nitrogen and oxygen atoms in total. The van der Waals surface area contributed by atoms with E-state index in [-0.39, 0.29) is 24.8 Å². The summed E-state index contributed by atoms with van der Waals surface area (Å²) in [6.45, 7) is 0.261. The third kappa shape index (κ3) is 5.19. The van der Waals surface area contributed by atoms with Crippen LogP contribution in [0.5, 0.6) is 0 Å². The summed E-state index contributed by atoms with van der Waals surface area (Å²) in [6, 6.07) is 13.2. The van der Waals surface area contributed by atoms with Gasteiger partial charge in [-0.05, 0) is 58.3 Å². The number of furan rings is 1. The van der Waals surface area contributed by atoms with Crippen molar-refractivity contribution in [3.8, 4) is 11.1 Å². The van der Waals surface area contributed by atoms with Gasteiger partial charge in [-0.15, -0.1) is 0 Å². The minimum atomic E-state index is -0.270. The van der Waals surface area contributed by atoms with Gasteiger partial charge in [0, 0.05) is 24.7 Å². The van der Waals surface area contributed by atoms with E-state index in [1.54, 1.807) is 29.5 Å². The molecule has 0 aliphatic rings. The highest BCUT2D eigenvalue weighted by molar-refractivity contribution is 7.08. The van der Waals surface area contributed by atoms with Crippen LogP contribution in [0.4, 0.5) is 5.69 Å². The molecule has 2 heterocycles. The van der Waals surface area contributed by atoms with Gasteiger partial charge in [-0.3, -0.25) is 9.59 Å². The van der Waals surface area contributed by atoms with Crippen molar-refractivity contribution >= 4 is 34.9 Å². The smallest absolute Gasteiger partial charge is 0.244 e. The highest BCUT2D eigenvalue weighted by Crippen LogP contribution is 2.24. The number of carbonyl (C=O) groups excluding carboxylic acids is 2. The zero-order chi connectivity index (χ0) is 18.2. The Balaban J connectivity index is 1.44. The molecule has 1 aromatic carbocycles. The molecular weight excluding hydrogens is 348 g/mol. The zero-order valence-electron chi connectivity index (χ0n) is 14.0. The number of thiophene rings is 1. The molecule has 0 atom stereocenters. The quantitative estimate of drug-likeness (QED) is 0.617. The number of amides is 2. The predicted molar refractivity (Wildman–Crippen MR) is 104 cm³/mol. The first kappa shape index (κ1) is 17.7. The highest BCUT2D eigenvalue weighted by atomic mass is 32.1. The second-order valence-electron chi connectivity index (χ2n) is 5.53. The largest absolute Gasteiger partial charge is 0.465 e. The maximum absolute atomic E-state index is 12.0. The Kier molecular flexibility index (Phi) is 6.01. The maximum Gasteiger partial charge on any atom is 0.244 e. The summed E-state index contributed by atoms with van der Waals surface area (Å²) in [5.41, 5.74) is 2.92. The number of rotatable bonds is 7. The molecule has 0 unspecified atom stereocenters. The van der Waals surface area contributed by atoms with Crippen LogP contribution < -0.4 is 10.6 Å². The standard InChI is InChI=1S/C20H18N2O3S/c23-19(7-6-18-5-2-11-25-18)21-10-8-20(24)22-17-4-1-3-15(13-17)16-9-12-26-14-16/h1-7,9,11-14H,8,10H2,(H,21,23)(H,22,24)/b7-6+. The van der Waals surface area contributed by atoms with Crippen LogP contribution in [-0.2, 0) is 9.59 Å². The topological polar surface area (TPSA) is 71.3 Å².